The Bertz CT molecular complexity index is 597. The molecule has 3 nitrogen and oxygen atoms in total. The van der Waals surface area contributed by atoms with E-state index in [0.717, 1.165) is 25.0 Å². The Hall–Kier alpha value is -1.80. The van der Waals surface area contributed by atoms with Crippen molar-refractivity contribution < 1.29 is 18.3 Å². The van der Waals surface area contributed by atoms with Gasteiger partial charge in [-0.2, -0.15) is 5.26 Å². The fraction of sp³-hybridized carbons (Fsp3) is 0.467. The van der Waals surface area contributed by atoms with Gasteiger partial charge in [0.25, 0.3) is 0 Å². The van der Waals surface area contributed by atoms with Crippen LogP contribution in [0.3, 0.4) is 0 Å². The maximum Gasteiger partial charge on any atom is 0.169 e. The summed E-state index contributed by atoms with van der Waals surface area (Å²) >= 11 is 0. The van der Waals surface area contributed by atoms with E-state index in [4.69, 9.17) is 10.00 Å². The topological polar surface area (TPSA) is 50.1 Å². The van der Waals surface area contributed by atoms with Gasteiger partial charge in [0.1, 0.15) is 17.7 Å². The molecular formula is C15H13F2NO2. The highest BCUT2D eigenvalue weighted by Crippen LogP contribution is 2.37. The monoisotopic (exact) mass is 277 g/mol. The Labute approximate surface area is 115 Å². The van der Waals surface area contributed by atoms with Gasteiger partial charge in [0.15, 0.2) is 5.78 Å². The van der Waals surface area contributed by atoms with Crippen molar-refractivity contribution in [3.63, 3.8) is 0 Å². The highest BCUT2D eigenvalue weighted by Gasteiger charge is 2.38. The average molecular weight is 277 g/mol. The lowest BCUT2D eigenvalue weighted by Crippen LogP contribution is -2.30. The summed E-state index contributed by atoms with van der Waals surface area (Å²) in [5.41, 5.74) is -0.640. The standard InChI is InChI=1S/C15H13F2NO2/c16-13-6-12(14(17)5-9(13)7-18)15(19)8-3-10-1-2-11(4-8)20-10/h5-6,8,10-11H,1-4H2. The highest BCUT2D eigenvalue weighted by atomic mass is 19.1. The molecule has 0 saturated carbocycles. The van der Waals surface area contributed by atoms with E-state index in [1.807, 2.05) is 0 Å². The number of hydrogen-bond donors (Lipinski definition) is 0. The second-order valence-corrected chi connectivity index (χ2v) is 5.41. The molecule has 2 heterocycles. The molecule has 0 spiro atoms. The third-order valence-electron chi connectivity index (χ3n) is 4.10. The summed E-state index contributed by atoms with van der Waals surface area (Å²) in [6.07, 6.45) is 3.12. The van der Waals surface area contributed by atoms with Crippen LogP contribution in [0.5, 0.6) is 0 Å². The Morgan fingerprint density at radius 2 is 1.85 bits per heavy atom. The third kappa shape index (κ3) is 2.20. The van der Waals surface area contributed by atoms with E-state index >= 15 is 0 Å². The molecule has 2 unspecified atom stereocenters. The van der Waals surface area contributed by atoms with Crippen molar-refractivity contribution in [2.24, 2.45) is 5.92 Å². The number of benzene rings is 1. The number of Topliss-reactive ketones (excluding diaryl/α,β-unsaturated/α-hetero) is 1. The van der Waals surface area contributed by atoms with Crippen LogP contribution < -0.4 is 0 Å². The van der Waals surface area contributed by atoms with Crippen molar-refractivity contribution >= 4 is 5.78 Å². The SMILES string of the molecule is N#Cc1cc(F)c(C(=O)C2CC3CCC(C2)O3)cc1F. The molecule has 104 valence electrons. The first kappa shape index (κ1) is 13.2. The zero-order chi connectivity index (χ0) is 14.3. The van der Waals surface area contributed by atoms with Gasteiger partial charge >= 0.3 is 0 Å². The predicted molar refractivity (Wildman–Crippen MR) is 66.0 cm³/mol. The number of hydrogen-bond acceptors (Lipinski definition) is 3. The lowest BCUT2D eigenvalue weighted by atomic mass is 9.87. The number of carbonyl (C=O) groups is 1. The van der Waals surface area contributed by atoms with Crippen LogP contribution in [0.2, 0.25) is 0 Å². The molecule has 0 aromatic heterocycles. The smallest absolute Gasteiger partial charge is 0.169 e. The van der Waals surface area contributed by atoms with E-state index < -0.39 is 11.6 Å². The lowest BCUT2D eigenvalue weighted by Gasteiger charge is -2.27. The molecule has 0 N–H and O–H groups in total. The summed E-state index contributed by atoms with van der Waals surface area (Å²) in [6, 6.07) is 3.19. The number of nitrogens with zero attached hydrogens (tertiary/aromatic N) is 1. The van der Waals surface area contributed by atoms with E-state index in [0.29, 0.717) is 12.8 Å². The third-order valence-corrected chi connectivity index (χ3v) is 4.10. The molecule has 2 aliphatic rings. The summed E-state index contributed by atoms with van der Waals surface area (Å²) in [7, 11) is 0. The van der Waals surface area contributed by atoms with Crippen LogP contribution >= 0.6 is 0 Å². The highest BCUT2D eigenvalue weighted by molar-refractivity contribution is 5.98. The van der Waals surface area contributed by atoms with Gasteiger partial charge in [0.05, 0.1) is 23.3 Å². The quantitative estimate of drug-likeness (QED) is 0.781. The van der Waals surface area contributed by atoms with E-state index in [1.165, 1.54) is 0 Å². The van der Waals surface area contributed by atoms with Crippen LogP contribution in [0.25, 0.3) is 0 Å². The molecule has 1 aromatic carbocycles. The molecule has 0 aliphatic carbocycles. The fourth-order valence-electron chi connectivity index (χ4n) is 3.11. The number of rotatable bonds is 2. The lowest BCUT2D eigenvalue weighted by molar-refractivity contribution is -0.0150. The van der Waals surface area contributed by atoms with Crippen LogP contribution in [0, 0.1) is 28.9 Å². The molecule has 20 heavy (non-hydrogen) atoms. The Morgan fingerprint density at radius 3 is 2.45 bits per heavy atom. The van der Waals surface area contributed by atoms with Gasteiger partial charge in [-0.05, 0) is 37.8 Å². The van der Waals surface area contributed by atoms with Gasteiger partial charge in [0.2, 0.25) is 0 Å². The van der Waals surface area contributed by atoms with Gasteiger partial charge in [-0.15, -0.1) is 0 Å². The van der Waals surface area contributed by atoms with E-state index in [2.05, 4.69) is 0 Å². The molecule has 2 bridgehead atoms. The summed E-state index contributed by atoms with van der Waals surface area (Å²) in [5.74, 6) is -2.38. The molecular weight excluding hydrogens is 264 g/mol. The predicted octanol–water partition coefficient (Wildman–Crippen LogP) is 2.98. The minimum absolute atomic E-state index is 0.0639. The molecule has 2 fully saturated rings. The van der Waals surface area contributed by atoms with Gasteiger partial charge in [0, 0.05) is 5.92 Å². The zero-order valence-electron chi connectivity index (χ0n) is 10.7. The summed E-state index contributed by atoms with van der Waals surface area (Å²) in [4.78, 5) is 12.3. The first-order valence-corrected chi connectivity index (χ1v) is 6.67. The number of nitriles is 1. The molecule has 0 radical (unpaired) electrons. The van der Waals surface area contributed by atoms with Crippen molar-refractivity contribution in [1.82, 2.24) is 0 Å². The second-order valence-electron chi connectivity index (χ2n) is 5.41. The molecule has 0 amide bonds. The van der Waals surface area contributed by atoms with Crippen LogP contribution in [0.4, 0.5) is 8.78 Å². The molecule has 2 saturated heterocycles. The number of fused-ring (bicyclic) bond motifs is 2. The Kier molecular flexibility index (Phi) is 3.27. The van der Waals surface area contributed by atoms with Crippen molar-refractivity contribution in [3.8, 4) is 6.07 Å². The van der Waals surface area contributed by atoms with Crippen molar-refractivity contribution in [2.75, 3.05) is 0 Å². The fourth-order valence-corrected chi connectivity index (χ4v) is 3.11. The van der Waals surface area contributed by atoms with Gasteiger partial charge < -0.3 is 4.74 Å². The Balaban J connectivity index is 1.88. The maximum absolute atomic E-state index is 13.9. The van der Waals surface area contributed by atoms with Crippen molar-refractivity contribution in [1.29, 1.82) is 5.26 Å². The largest absolute Gasteiger partial charge is 0.375 e. The van der Waals surface area contributed by atoms with Crippen LogP contribution in [0.15, 0.2) is 12.1 Å². The van der Waals surface area contributed by atoms with E-state index in [1.54, 1.807) is 6.07 Å². The molecule has 1 aromatic rings. The molecule has 5 heteroatoms. The van der Waals surface area contributed by atoms with Crippen LogP contribution in [0.1, 0.15) is 41.6 Å². The van der Waals surface area contributed by atoms with Crippen LogP contribution in [-0.4, -0.2) is 18.0 Å². The van der Waals surface area contributed by atoms with Crippen molar-refractivity contribution in [2.45, 2.75) is 37.9 Å². The summed E-state index contributed by atoms with van der Waals surface area (Å²) in [6.45, 7) is 0. The normalized spacial score (nSPS) is 28.1. The molecule has 3 rings (SSSR count). The van der Waals surface area contributed by atoms with Gasteiger partial charge in [-0.25, -0.2) is 8.78 Å². The zero-order valence-corrected chi connectivity index (χ0v) is 10.7. The number of ketones is 1. The van der Waals surface area contributed by atoms with E-state index in [9.17, 15) is 13.6 Å². The first-order chi connectivity index (χ1) is 9.58. The molecule has 2 atom stereocenters. The first-order valence-electron chi connectivity index (χ1n) is 6.67. The van der Waals surface area contributed by atoms with Gasteiger partial charge in [-0.1, -0.05) is 0 Å². The Morgan fingerprint density at radius 1 is 1.20 bits per heavy atom. The molecule has 2 aliphatic heterocycles. The maximum atomic E-state index is 13.9. The minimum Gasteiger partial charge on any atom is -0.375 e. The summed E-state index contributed by atoms with van der Waals surface area (Å²) < 4.78 is 33.1. The average Bonchev–Trinajstić information content (AvgIpc) is 2.78. The van der Waals surface area contributed by atoms with Gasteiger partial charge in [-0.3, -0.25) is 4.79 Å². The second kappa shape index (κ2) is 4.95. The minimum atomic E-state index is -0.854. The number of carbonyl (C=O) groups excluding carboxylic acids is 1. The van der Waals surface area contributed by atoms with E-state index in [-0.39, 0.29) is 35.0 Å². The summed E-state index contributed by atoms with van der Waals surface area (Å²) in [5, 5.41) is 8.64. The van der Waals surface area contributed by atoms with Crippen molar-refractivity contribution in [3.05, 3.63) is 34.9 Å². The number of halogens is 2. The number of ether oxygens (including phenoxy) is 1. The van der Waals surface area contributed by atoms with Crippen LogP contribution in [-0.2, 0) is 4.74 Å².